The van der Waals surface area contributed by atoms with Crippen molar-refractivity contribution in [3.63, 3.8) is 0 Å². The second-order valence-electron chi connectivity index (χ2n) is 4.41. The van der Waals surface area contributed by atoms with Crippen LogP contribution < -0.4 is 11.1 Å². The van der Waals surface area contributed by atoms with Crippen molar-refractivity contribution < 1.29 is 4.79 Å². The summed E-state index contributed by atoms with van der Waals surface area (Å²) in [5.41, 5.74) is 5.50. The Morgan fingerprint density at radius 2 is 1.93 bits per heavy atom. The van der Waals surface area contributed by atoms with Gasteiger partial charge in [-0.3, -0.25) is 10.1 Å². The molecule has 0 radical (unpaired) electrons. The smallest absolute Gasteiger partial charge is 0.244 e. The minimum absolute atomic E-state index is 0.270. The Morgan fingerprint density at radius 3 is 2.40 bits per heavy atom. The molecule has 15 heavy (non-hydrogen) atoms. The molecule has 0 aliphatic heterocycles. The van der Waals surface area contributed by atoms with Gasteiger partial charge in [0.25, 0.3) is 0 Å². The van der Waals surface area contributed by atoms with Gasteiger partial charge in [0.15, 0.2) is 0 Å². The summed E-state index contributed by atoms with van der Waals surface area (Å²) in [7, 11) is 0. The fraction of sp³-hybridized carbons (Fsp3) is 0.500. The van der Waals surface area contributed by atoms with Crippen molar-refractivity contribution in [2.24, 2.45) is 11.1 Å². The molecule has 0 saturated heterocycles. The third kappa shape index (κ3) is 3.28. The molecule has 0 aliphatic rings. The predicted molar refractivity (Wildman–Crippen MR) is 58.1 cm³/mol. The zero-order valence-electron chi connectivity index (χ0n) is 9.19. The maximum absolute atomic E-state index is 11.6. The molecule has 0 bridgehead atoms. The lowest BCUT2D eigenvalue weighted by Gasteiger charge is -2.25. The molecule has 5 heteroatoms. The van der Waals surface area contributed by atoms with Crippen LogP contribution in [0.4, 0.5) is 5.95 Å². The number of amides is 1. The molecule has 1 rings (SSSR count). The Bertz CT molecular complexity index is 331. The van der Waals surface area contributed by atoms with E-state index in [-0.39, 0.29) is 17.3 Å². The lowest BCUT2D eigenvalue weighted by molar-refractivity contribution is -0.119. The molecule has 0 spiro atoms. The fourth-order valence-electron chi connectivity index (χ4n) is 0.945. The van der Waals surface area contributed by atoms with Crippen LogP contribution in [-0.4, -0.2) is 21.9 Å². The molecule has 1 atom stereocenters. The van der Waals surface area contributed by atoms with Gasteiger partial charge >= 0.3 is 0 Å². The van der Waals surface area contributed by atoms with Gasteiger partial charge in [-0.15, -0.1) is 0 Å². The van der Waals surface area contributed by atoms with Gasteiger partial charge in [0.1, 0.15) is 0 Å². The SMILES string of the molecule is CC(C)(C)[C@H](N)C(=O)Nc1ncccn1. The Balaban J connectivity index is 2.65. The summed E-state index contributed by atoms with van der Waals surface area (Å²) in [5, 5.41) is 2.56. The number of carbonyl (C=O) groups excluding carboxylic acids is 1. The van der Waals surface area contributed by atoms with Crippen LogP contribution in [0, 0.1) is 5.41 Å². The molecule has 82 valence electrons. The van der Waals surface area contributed by atoms with Crippen molar-refractivity contribution in [2.45, 2.75) is 26.8 Å². The van der Waals surface area contributed by atoms with E-state index in [0.717, 1.165) is 0 Å². The molecule has 5 nitrogen and oxygen atoms in total. The number of aromatic nitrogens is 2. The van der Waals surface area contributed by atoms with E-state index in [1.54, 1.807) is 18.5 Å². The van der Waals surface area contributed by atoms with E-state index in [2.05, 4.69) is 15.3 Å². The molecule has 3 N–H and O–H groups in total. The molecular formula is C10H16N4O. The van der Waals surface area contributed by atoms with Crippen LogP contribution in [0.3, 0.4) is 0 Å². The van der Waals surface area contributed by atoms with Crippen molar-refractivity contribution in [1.82, 2.24) is 9.97 Å². The van der Waals surface area contributed by atoms with Gasteiger partial charge in [-0.25, -0.2) is 9.97 Å². The highest BCUT2D eigenvalue weighted by Gasteiger charge is 2.27. The van der Waals surface area contributed by atoms with Gasteiger partial charge in [0.05, 0.1) is 6.04 Å². The minimum atomic E-state index is -0.582. The number of hydrogen-bond acceptors (Lipinski definition) is 4. The van der Waals surface area contributed by atoms with Crippen molar-refractivity contribution in [2.75, 3.05) is 5.32 Å². The number of nitrogens with one attached hydrogen (secondary N) is 1. The monoisotopic (exact) mass is 208 g/mol. The molecule has 1 heterocycles. The molecule has 1 amide bonds. The standard InChI is InChI=1S/C10H16N4O/c1-10(2,3)7(11)8(15)14-9-12-5-4-6-13-9/h4-7H,11H2,1-3H3,(H,12,13,14,15)/t7-/m1/s1. The molecule has 0 aliphatic carbocycles. The van der Waals surface area contributed by atoms with E-state index in [1.807, 2.05) is 20.8 Å². The van der Waals surface area contributed by atoms with Gasteiger partial charge in [-0.1, -0.05) is 20.8 Å². The second kappa shape index (κ2) is 4.35. The van der Waals surface area contributed by atoms with Crippen LogP contribution in [-0.2, 0) is 4.79 Å². The van der Waals surface area contributed by atoms with E-state index in [9.17, 15) is 4.79 Å². The third-order valence-electron chi connectivity index (χ3n) is 2.02. The molecule has 0 aromatic carbocycles. The second-order valence-corrected chi connectivity index (χ2v) is 4.41. The topological polar surface area (TPSA) is 80.9 Å². The normalized spacial score (nSPS) is 13.3. The van der Waals surface area contributed by atoms with Crippen LogP contribution in [0.15, 0.2) is 18.5 Å². The van der Waals surface area contributed by atoms with Crippen molar-refractivity contribution in [1.29, 1.82) is 0 Å². The Morgan fingerprint density at radius 1 is 1.40 bits per heavy atom. The average molecular weight is 208 g/mol. The van der Waals surface area contributed by atoms with E-state index >= 15 is 0 Å². The summed E-state index contributed by atoms with van der Waals surface area (Å²) in [4.78, 5) is 19.4. The zero-order chi connectivity index (χ0) is 11.5. The van der Waals surface area contributed by atoms with E-state index < -0.39 is 6.04 Å². The van der Waals surface area contributed by atoms with Gasteiger partial charge in [0.2, 0.25) is 11.9 Å². The summed E-state index contributed by atoms with van der Waals surface area (Å²) in [6, 6.07) is 1.10. The van der Waals surface area contributed by atoms with Crippen LogP contribution in [0.1, 0.15) is 20.8 Å². The summed E-state index contributed by atoms with van der Waals surface area (Å²) in [6.45, 7) is 5.72. The average Bonchev–Trinajstić information content (AvgIpc) is 2.16. The third-order valence-corrected chi connectivity index (χ3v) is 2.02. The first-order valence-electron chi connectivity index (χ1n) is 4.75. The molecule has 0 fully saturated rings. The van der Waals surface area contributed by atoms with Crippen molar-refractivity contribution in [3.8, 4) is 0 Å². The fourth-order valence-corrected chi connectivity index (χ4v) is 0.945. The van der Waals surface area contributed by atoms with Crippen LogP contribution in [0.5, 0.6) is 0 Å². The highest BCUT2D eigenvalue weighted by molar-refractivity contribution is 5.93. The van der Waals surface area contributed by atoms with Gasteiger partial charge in [0, 0.05) is 12.4 Å². The first-order chi connectivity index (χ1) is 6.91. The summed E-state index contributed by atoms with van der Waals surface area (Å²) in [6.07, 6.45) is 3.12. The summed E-state index contributed by atoms with van der Waals surface area (Å²) < 4.78 is 0. The molecule has 0 unspecified atom stereocenters. The quantitative estimate of drug-likeness (QED) is 0.752. The summed E-state index contributed by atoms with van der Waals surface area (Å²) in [5.74, 6) is 0.0101. The zero-order valence-corrected chi connectivity index (χ0v) is 9.19. The molecule has 0 saturated carbocycles. The predicted octanol–water partition coefficient (Wildman–Crippen LogP) is 0.788. The lowest BCUT2D eigenvalue weighted by atomic mass is 9.87. The Kier molecular flexibility index (Phi) is 3.36. The number of nitrogens with two attached hydrogens (primary N) is 1. The lowest BCUT2D eigenvalue weighted by Crippen LogP contribution is -2.45. The van der Waals surface area contributed by atoms with Crippen molar-refractivity contribution in [3.05, 3.63) is 18.5 Å². The highest BCUT2D eigenvalue weighted by Crippen LogP contribution is 2.17. The molecule has 1 aromatic heterocycles. The van der Waals surface area contributed by atoms with Gasteiger partial charge in [-0.05, 0) is 11.5 Å². The Labute approximate surface area is 89.1 Å². The van der Waals surface area contributed by atoms with E-state index in [1.165, 1.54) is 0 Å². The van der Waals surface area contributed by atoms with Crippen LogP contribution in [0.25, 0.3) is 0 Å². The van der Waals surface area contributed by atoms with Crippen molar-refractivity contribution >= 4 is 11.9 Å². The number of hydrogen-bond donors (Lipinski definition) is 2. The van der Waals surface area contributed by atoms with Crippen LogP contribution in [0.2, 0.25) is 0 Å². The van der Waals surface area contributed by atoms with Gasteiger partial charge in [-0.2, -0.15) is 0 Å². The number of anilines is 1. The largest absolute Gasteiger partial charge is 0.319 e. The highest BCUT2D eigenvalue weighted by atomic mass is 16.2. The van der Waals surface area contributed by atoms with Gasteiger partial charge < -0.3 is 5.73 Å². The first kappa shape index (κ1) is 11.6. The Hall–Kier alpha value is -1.49. The molecular weight excluding hydrogens is 192 g/mol. The maximum atomic E-state index is 11.6. The van der Waals surface area contributed by atoms with E-state index in [4.69, 9.17) is 5.73 Å². The van der Waals surface area contributed by atoms with E-state index in [0.29, 0.717) is 0 Å². The first-order valence-corrected chi connectivity index (χ1v) is 4.75. The minimum Gasteiger partial charge on any atom is -0.319 e. The van der Waals surface area contributed by atoms with Crippen LogP contribution >= 0.6 is 0 Å². The maximum Gasteiger partial charge on any atom is 0.244 e. The molecule has 1 aromatic rings. The number of nitrogens with zero attached hydrogens (tertiary/aromatic N) is 2. The summed E-state index contributed by atoms with van der Waals surface area (Å²) >= 11 is 0. The number of rotatable bonds is 2. The number of carbonyl (C=O) groups is 1.